The number of carbonyl (C=O) groups excluding carboxylic acids is 2. The Balaban J connectivity index is 2.71. The standard InChI is InChI=1S/C15H9Br2F3N4O2/c1-6(25)24(7(2)26)14-9(5-21)13(22-23-14)12-10(16)3-8(4-11(12)17)15(18,19)20/h3-4H,1-2H3,(H,22,23). The van der Waals surface area contributed by atoms with Crippen molar-refractivity contribution in [2.45, 2.75) is 20.0 Å². The van der Waals surface area contributed by atoms with Crippen LogP contribution in [0.2, 0.25) is 0 Å². The highest BCUT2D eigenvalue weighted by molar-refractivity contribution is 9.11. The van der Waals surface area contributed by atoms with Crippen LogP contribution >= 0.6 is 31.9 Å². The molecule has 26 heavy (non-hydrogen) atoms. The van der Waals surface area contributed by atoms with Crippen LogP contribution in [-0.4, -0.2) is 22.0 Å². The summed E-state index contributed by atoms with van der Waals surface area (Å²) < 4.78 is 38.8. The molecule has 0 unspecified atom stereocenters. The largest absolute Gasteiger partial charge is 0.416 e. The van der Waals surface area contributed by atoms with Crippen molar-refractivity contribution >= 4 is 49.5 Å². The molecule has 2 rings (SSSR count). The lowest BCUT2D eigenvalue weighted by Crippen LogP contribution is -2.34. The Bertz CT molecular complexity index is 910. The summed E-state index contributed by atoms with van der Waals surface area (Å²) in [5.74, 6) is -1.53. The molecule has 11 heteroatoms. The van der Waals surface area contributed by atoms with Gasteiger partial charge in [0.1, 0.15) is 11.6 Å². The number of amides is 2. The Morgan fingerprint density at radius 2 is 1.69 bits per heavy atom. The summed E-state index contributed by atoms with van der Waals surface area (Å²) in [5.41, 5.74) is -0.799. The SMILES string of the molecule is CC(=O)N(C(C)=O)c1n[nH]c(-c2c(Br)cc(C(F)(F)F)cc2Br)c1C#N. The second-order valence-electron chi connectivity index (χ2n) is 5.10. The third kappa shape index (κ3) is 3.66. The van der Waals surface area contributed by atoms with Gasteiger partial charge in [-0.05, 0) is 12.1 Å². The first-order valence-electron chi connectivity index (χ1n) is 6.85. The third-order valence-electron chi connectivity index (χ3n) is 3.32. The molecule has 0 aliphatic carbocycles. The molecule has 0 spiro atoms. The van der Waals surface area contributed by atoms with Crippen LogP contribution in [0, 0.1) is 11.3 Å². The van der Waals surface area contributed by atoms with Crippen molar-refractivity contribution in [3.05, 3.63) is 32.2 Å². The molecule has 1 aromatic carbocycles. The van der Waals surface area contributed by atoms with Crippen LogP contribution in [0.25, 0.3) is 11.3 Å². The number of hydrogen-bond acceptors (Lipinski definition) is 4. The lowest BCUT2D eigenvalue weighted by molar-refractivity contribution is -0.137. The number of carbonyl (C=O) groups is 2. The normalized spacial score (nSPS) is 11.2. The van der Waals surface area contributed by atoms with E-state index in [0.29, 0.717) is 4.90 Å². The molecule has 0 radical (unpaired) electrons. The van der Waals surface area contributed by atoms with Gasteiger partial charge in [0.2, 0.25) is 11.8 Å². The maximum absolute atomic E-state index is 12.9. The van der Waals surface area contributed by atoms with E-state index in [9.17, 15) is 28.0 Å². The number of aromatic amines is 1. The van der Waals surface area contributed by atoms with Crippen LogP contribution in [-0.2, 0) is 15.8 Å². The van der Waals surface area contributed by atoms with E-state index >= 15 is 0 Å². The van der Waals surface area contributed by atoms with Crippen molar-refractivity contribution in [2.24, 2.45) is 0 Å². The van der Waals surface area contributed by atoms with Gasteiger partial charge in [0.05, 0.1) is 11.3 Å². The zero-order valence-corrected chi connectivity index (χ0v) is 16.4. The van der Waals surface area contributed by atoms with Crippen molar-refractivity contribution in [1.29, 1.82) is 5.26 Å². The number of nitriles is 1. The lowest BCUT2D eigenvalue weighted by atomic mass is 10.1. The molecule has 0 bridgehead atoms. The number of rotatable bonds is 2. The van der Waals surface area contributed by atoms with Crippen molar-refractivity contribution in [3.63, 3.8) is 0 Å². The van der Waals surface area contributed by atoms with E-state index in [1.54, 1.807) is 0 Å². The van der Waals surface area contributed by atoms with Crippen LogP contribution < -0.4 is 4.90 Å². The number of nitrogens with one attached hydrogen (secondary N) is 1. The summed E-state index contributed by atoms with van der Waals surface area (Å²) >= 11 is 6.12. The predicted octanol–water partition coefficient (Wildman–Crippen LogP) is 4.39. The Labute approximate surface area is 162 Å². The van der Waals surface area contributed by atoms with Gasteiger partial charge in [-0.15, -0.1) is 0 Å². The van der Waals surface area contributed by atoms with Crippen LogP contribution in [0.4, 0.5) is 19.0 Å². The van der Waals surface area contributed by atoms with Gasteiger partial charge >= 0.3 is 6.18 Å². The smallest absolute Gasteiger partial charge is 0.274 e. The molecule has 0 saturated carbocycles. The van der Waals surface area contributed by atoms with Crippen LogP contribution in [0.15, 0.2) is 21.1 Å². The molecule has 1 N–H and O–H groups in total. The van der Waals surface area contributed by atoms with E-state index in [-0.39, 0.29) is 31.6 Å². The zero-order valence-electron chi connectivity index (χ0n) is 13.2. The second kappa shape index (κ2) is 7.20. The first-order valence-corrected chi connectivity index (χ1v) is 8.44. The fraction of sp³-hybridized carbons (Fsp3) is 0.200. The van der Waals surface area contributed by atoms with E-state index in [0.717, 1.165) is 26.0 Å². The van der Waals surface area contributed by atoms with Gasteiger partial charge in [0.15, 0.2) is 5.82 Å². The maximum Gasteiger partial charge on any atom is 0.416 e. The average Bonchev–Trinajstić information content (AvgIpc) is 2.88. The lowest BCUT2D eigenvalue weighted by Gasteiger charge is -2.14. The summed E-state index contributed by atoms with van der Waals surface area (Å²) in [6.45, 7) is 2.25. The molecule has 0 fully saturated rings. The Morgan fingerprint density at radius 3 is 2.08 bits per heavy atom. The van der Waals surface area contributed by atoms with Gasteiger partial charge in [0.25, 0.3) is 0 Å². The van der Waals surface area contributed by atoms with E-state index < -0.39 is 23.6 Å². The molecule has 2 amide bonds. The number of aromatic nitrogens is 2. The number of benzene rings is 1. The number of hydrogen-bond donors (Lipinski definition) is 1. The number of imide groups is 1. The van der Waals surface area contributed by atoms with E-state index in [2.05, 4.69) is 42.1 Å². The van der Waals surface area contributed by atoms with Crippen LogP contribution in [0.1, 0.15) is 25.0 Å². The van der Waals surface area contributed by atoms with Gasteiger partial charge in [0, 0.05) is 28.4 Å². The number of halogens is 5. The molecule has 136 valence electrons. The minimum Gasteiger partial charge on any atom is -0.274 e. The number of nitrogens with zero attached hydrogens (tertiary/aromatic N) is 3. The van der Waals surface area contributed by atoms with E-state index in [1.165, 1.54) is 0 Å². The van der Waals surface area contributed by atoms with Crippen molar-refractivity contribution < 1.29 is 22.8 Å². The summed E-state index contributed by atoms with van der Waals surface area (Å²) in [7, 11) is 0. The highest BCUT2D eigenvalue weighted by Gasteiger charge is 2.33. The summed E-state index contributed by atoms with van der Waals surface area (Å²) in [4.78, 5) is 24.1. The Hall–Kier alpha value is -2.19. The third-order valence-corrected chi connectivity index (χ3v) is 4.57. The fourth-order valence-corrected chi connectivity index (χ4v) is 3.86. The second-order valence-corrected chi connectivity index (χ2v) is 6.80. The quantitative estimate of drug-likeness (QED) is 0.671. The first kappa shape index (κ1) is 20.1. The number of H-pyrrole nitrogens is 1. The van der Waals surface area contributed by atoms with E-state index in [4.69, 9.17) is 0 Å². The maximum atomic E-state index is 12.9. The van der Waals surface area contributed by atoms with Gasteiger partial charge in [-0.3, -0.25) is 14.7 Å². The number of alkyl halides is 3. The zero-order chi connectivity index (χ0) is 19.8. The van der Waals surface area contributed by atoms with E-state index in [1.807, 2.05) is 6.07 Å². The van der Waals surface area contributed by atoms with Crippen molar-refractivity contribution in [2.75, 3.05) is 4.90 Å². The number of anilines is 1. The minimum atomic E-state index is -4.55. The average molecular weight is 494 g/mol. The molecular weight excluding hydrogens is 485 g/mol. The highest BCUT2D eigenvalue weighted by atomic mass is 79.9. The molecule has 1 heterocycles. The summed E-state index contributed by atoms with van der Waals surface area (Å²) in [6, 6.07) is 3.54. The predicted molar refractivity (Wildman–Crippen MR) is 93.0 cm³/mol. The molecular formula is C15H9Br2F3N4O2. The molecule has 6 nitrogen and oxygen atoms in total. The van der Waals surface area contributed by atoms with Crippen molar-refractivity contribution in [3.8, 4) is 17.3 Å². The summed E-state index contributed by atoms with van der Waals surface area (Å²) in [6.07, 6.45) is -4.55. The Kier molecular flexibility index (Phi) is 5.58. The van der Waals surface area contributed by atoms with Gasteiger partial charge in [-0.2, -0.15) is 23.5 Å². The van der Waals surface area contributed by atoms with Gasteiger partial charge in [-0.1, -0.05) is 31.9 Å². The minimum absolute atomic E-state index is 0.0445. The molecule has 2 aromatic rings. The van der Waals surface area contributed by atoms with Crippen molar-refractivity contribution in [1.82, 2.24) is 10.2 Å². The molecule has 0 aliphatic rings. The highest BCUT2D eigenvalue weighted by Crippen LogP contribution is 2.42. The molecule has 0 saturated heterocycles. The topological polar surface area (TPSA) is 89.8 Å². The molecule has 0 atom stereocenters. The fourth-order valence-electron chi connectivity index (χ4n) is 2.28. The molecule has 1 aromatic heterocycles. The van der Waals surface area contributed by atoms with Crippen LogP contribution in [0.3, 0.4) is 0 Å². The van der Waals surface area contributed by atoms with Gasteiger partial charge < -0.3 is 0 Å². The summed E-state index contributed by atoms with van der Waals surface area (Å²) in [5, 5.41) is 15.8. The van der Waals surface area contributed by atoms with Crippen LogP contribution in [0.5, 0.6) is 0 Å². The monoisotopic (exact) mass is 492 g/mol. The van der Waals surface area contributed by atoms with Gasteiger partial charge in [-0.25, -0.2) is 4.90 Å². The molecule has 0 aliphatic heterocycles. The Morgan fingerprint density at radius 1 is 1.19 bits per heavy atom. The first-order chi connectivity index (χ1) is 12.0.